The van der Waals surface area contributed by atoms with Crippen molar-refractivity contribution in [2.45, 2.75) is 26.0 Å². The van der Waals surface area contributed by atoms with Crippen LogP contribution in [-0.4, -0.2) is 58.6 Å². The number of hydrogen-bond donors (Lipinski definition) is 0. The van der Waals surface area contributed by atoms with Crippen molar-refractivity contribution in [2.75, 3.05) is 39.1 Å². The summed E-state index contributed by atoms with van der Waals surface area (Å²) in [5.41, 5.74) is 0. The molecule has 0 aromatic heterocycles. The third kappa shape index (κ3) is 3.01. The first kappa shape index (κ1) is 11.5. The molecule has 0 aliphatic carbocycles. The van der Waals surface area contributed by atoms with Crippen molar-refractivity contribution in [3.63, 3.8) is 0 Å². The van der Waals surface area contributed by atoms with Crippen LogP contribution in [0.1, 0.15) is 13.3 Å². The topological polar surface area (TPSA) is 30.9 Å². The molecule has 2 saturated heterocycles. The summed E-state index contributed by atoms with van der Waals surface area (Å²) in [6.07, 6.45) is 2.01. The molecular formula is C10H21NO3Si. The summed E-state index contributed by atoms with van der Waals surface area (Å²) < 4.78 is 17.6. The molecule has 0 aromatic rings. The van der Waals surface area contributed by atoms with E-state index in [2.05, 4.69) is 18.4 Å². The van der Waals surface area contributed by atoms with Crippen LogP contribution in [0.3, 0.4) is 0 Å². The van der Waals surface area contributed by atoms with Gasteiger partial charge in [-0.25, -0.2) is 0 Å². The Morgan fingerprint density at radius 3 is 3.13 bits per heavy atom. The number of rotatable bonds is 1. The Balaban J connectivity index is 2.01. The maximum Gasteiger partial charge on any atom is 0.361 e. The number of hydrogen-bond acceptors (Lipinski definition) is 4. The molecule has 5 heteroatoms. The molecule has 0 spiro atoms. The predicted molar refractivity (Wildman–Crippen MR) is 60.0 cm³/mol. The molecule has 2 rings (SSSR count). The van der Waals surface area contributed by atoms with Gasteiger partial charge in [0.05, 0.1) is 18.9 Å². The first-order chi connectivity index (χ1) is 7.22. The highest BCUT2D eigenvalue weighted by molar-refractivity contribution is 6.66. The molecule has 4 nitrogen and oxygen atoms in total. The molecule has 2 heterocycles. The number of ether oxygens (including phenoxy) is 1. The Bertz CT molecular complexity index is 217. The summed E-state index contributed by atoms with van der Waals surface area (Å²) in [7, 11) is -1.99. The lowest BCUT2D eigenvalue weighted by molar-refractivity contribution is -0.0227. The normalized spacial score (nSPS) is 39.2. The minimum absolute atomic E-state index is 0.216. The monoisotopic (exact) mass is 231 g/mol. The number of fused-ring (bicyclic) bond motifs is 2. The van der Waals surface area contributed by atoms with Crippen LogP contribution in [0.4, 0.5) is 0 Å². The van der Waals surface area contributed by atoms with Gasteiger partial charge in [-0.3, -0.25) is 0 Å². The average molecular weight is 231 g/mol. The molecule has 0 N–H and O–H groups in total. The lowest BCUT2D eigenvalue weighted by atomic mass is 10.3. The zero-order chi connectivity index (χ0) is 10.7. The molecule has 2 unspecified atom stereocenters. The Morgan fingerprint density at radius 1 is 1.47 bits per heavy atom. The van der Waals surface area contributed by atoms with E-state index in [9.17, 15) is 0 Å². The van der Waals surface area contributed by atoms with Crippen LogP contribution in [0.2, 0.25) is 6.55 Å². The number of likely N-dealkylation sites (N-methyl/N-ethyl adjacent to an activating group) is 1. The predicted octanol–water partition coefficient (Wildman–Crippen LogP) is 0.755. The third-order valence-corrected chi connectivity index (χ3v) is 5.39. The van der Waals surface area contributed by atoms with Crippen molar-refractivity contribution in [1.82, 2.24) is 4.90 Å². The maximum atomic E-state index is 6.08. The molecule has 2 aliphatic rings. The van der Waals surface area contributed by atoms with Crippen LogP contribution in [0.15, 0.2) is 0 Å². The summed E-state index contributed by atoms with van der Waals surface area (Å²) in [6, 6.07) is 0. The molecule has 0 amide bonds. The van der Waals surface area contributed by atoms with Gasteiger partial charge in [-0.15, -0.1) is 0 Å². The van der Waals surface area contributed by atoms with Gasteiger partial charge in [0, 0.05) is 19.7 Å². The quantitative estimate of drug-likeness (QED) is 0.623. The molecule has 2 fully saturated rings. The van der Waals surface area contributed by atoms with Crippen LogP contribution in [0.25, 0.3) is 0 Å². The van der Waals surface area contributed by atoms with E-state index in [-0.39, 0.29) is 6.10 Å². The van der Waals surface area contributed by atoms with Gasteiger partial charge in [-0.2, -0.15) is 0 Å². The molecule has 88 valence electrons. The van der Waals surface area contributed by atoms with Crippen LogP contribution < -0.4 is 0 Å². The first-order valence-corrected chi connectivity index (χ1v) is 8.36. The second-order valence-electron chi connectivity index (χ2n) is 4.48. The molecule has 2 atom stereocenters. The summed E-state index contributed by atoms with van der Waals surface area (Å²) in [4.78, 5) is 2.42. The van der Waals surface area contributed by atoms with Gasteiger partial charge in [-0.1, -0.05) is 6.92 Å². The zero-order valence-corrected chi connectivity index (χ0v) is 10.7. The van der Waals surface area contributed by atoms with Crippen molar-refractivity contribution in [3.05, 3.63) is 0 Å². The zero-order valence-electron chi connectivity index (χ0n) is 9.70. The smallest absolute Gasteiger partial charge is 0.361 e. The fraction of sp³-hybridized carbons (Fsp3) is 1.00. The Labute approximate surface area is 92.7 Å². The number of nitrogens with zero attached hydrogens (tertiary/aromatic N) is 1. The summed E-state index contributed by atoms with van der Waals surface area (Å²) in [6.45, 7) is 9.03. The summed E-state index contributed by atoms with van der Waals surface area (Å²) in [5, 5.41) is 0. The molecule has 0 saturated carbocycles. The van der Waals surface area contributed by atoms with Crippen molar-refractivity contribution in [3.8, 4) is 0 Å². The van der Waals surface area contributed by atoms with Gasteiger partial charge in [0.15, 0.2) is 0 Å². The van der Waals surface area contributed by atoms with E-state index in [0.29, 0.717) is 6.23 Å². The van der Waals surface area contributed by atoms with E-state index in [1.165, 1.54) is 0 Å². The van der Waals surface area contributed by atoms with Gasteiger partial charge >= 0.3 is 8.56 Å². The van der Waals surface area contributed by atoms with Crippen molar-refractivity contribution >= 4 is 8.56 Å². The highest BCUT2D eigenvalue weighted by Gasteiger charge is 2.40. The Kier molecular flexibility index (Phi) is 3.79. The van der Waals surface area contributed by atoms with E-state index in [4.69, 9.17) is 13.6 Å². The lowest BCUT2D eigenvalue weighted by Gasteiger charge is -2.36. The van der Waals surface area contributed by atoms with Crippen LogP contribution >= 0.6 is 0 Å². The van der Waals surface area contributed by atoms with Crippen LogP contribution in [-0.2, 0) is 13.6 Å². The van der Waals surface area contributed by atoms with Gasteiger partial charge in [0.1, 0.15) is 0 Å². The van der Waals surface area contributed by atoms with Crippen LogP contribution in [0, 0.1) is 0 Å². The molecule has 2 aliphatic heterocycles. The van der Waals surface area contributed by atoms with Crippen molar-refractivity contribution in [2.24, 2.45) is 0 Å². The fourth-order valence-corrected chi connectivity index (χ4v) is 4.34. The van der Waals surface area contributed by atoms with Gasteiger partial charge in [0.2, 0.25) is 0 Å². The highest BCUT2D eigenvalue weighted by atomic mass is 28.4. The molecular weight excluding hydrogens is 210 g/mol. The average Bonchev–Trinajstić information content (AvgIpc) is 2.26. The summed E-state index contributed by atoms with van der Waals surface area (Å²) in [5.74, 6) is 0. The van der Waals surface area contributed by atoms with Gasteiger partial charge < -0.3 is 18.5 Å². The minimum Gasteiger partial charge on any atom is -0.393 e. The van der Waals surface area contributed by atoms with Gasteiger partial charge in [0.25, 0.3) is 0 Å². The second-order valence-corrected chi connectivity index (χ2v) is 7.56. The van der Waals surface area contributed by atoms with E-state index >= 15 is 0 Å². The van der Waals surface area contributed by atoms with Crippen molar-refractivity contribution in [1.29, 1.82) is 0 Å². The standard InChI is InChI=1S/C10H21NO3Si/c1-3-11-5-4-6-13-15(2)9-12-8-10(7-11)14-15/h10H,3-9H2,1-2H3. The van der Waals surface area contributed by atoms with E-state index in [0.717, 1.165) is 39.3 Å². The van der Waals surface area contributed by atoms with Crippen LogP contribution in [0.5, 0.6) is 0 Å². The first-order valence-electron chi connectivity index (χ1n) is 5.84. The summed E-state index contributed by atoms with van der Waals surface area (Å²) >= 11 is 0. The maximum absolute atomic E-state index is 6.08. The Hall–Kier alpha value is 0.0569. The molecule has 0 radical (unpaired) electrons. The SMILES string of the molecule is CCN1CCCO[Si]2(C)COCC(C1)O2. The largest absolute Gasteiger partial charge is 0.393 e. The lowest BCUT2D eigenvalue weighted by Crippen LogP contribution is -2.54. The van der Waals surface area contributed by atoms with E-state index in [1.54, 1.807) is 0 Å². The second kappa shape index (κ2) is 4.93. The fourth-order valence-electron chi connectivity index (χ4n) is 2.20. The third-order valence-electron chi connectivity index (χ3n) is 3.02. The minimum atomic E-state index is -1.99. The molecule has 2 bridgehead atoms. The highest BCUT2D eigenvalue weighted by Crippen LogP contribution is 2.19. The molecule has 0 aromatic carbocycles. The van der Waals surface area contributed by atoms with Crippen molar-refractivity contribution < 1.29 is 13.6 Å². The Morgan fingerprint density at radius 2 is 2.33 bits per heavy atom. The van der Waals surface area contributed by atoms with E-state index < -0.39 is 8.56 Å². The van der Waals surface area contributed by atoms with E-state index in [1.807, 2.05) is 0 Å². The molecule has 15 heavy (non-hydrogen) atoms. The van der Waals surface area contributed by atoms with Gasteiger partial charge in [-0.05, 0) is 19.5 Å².